The molecule has 0 aliphatic carbocycles. The van der Waals surface area contributed by atoms with Crippen molar-refractivity contribution in [2.24, 2.45) is 0 Å². The van der Waals surface area contributed by atoms with E-state index in [1.165, 1.54) is 6.07 Å². The molecule has 118 valence electrons. The zero-order valence-corrected chi connectivity index (χ0v) is 13.7. The second-order valence-electron chi connectivity index (χ2n) is 4.95. The number of hydrogen-bond acceptors (Lipinski definition) is 3. The number of benzene rings is 1. The van der Waals surface area contributed by atoms with Crippen LogP contribution < -0.4 is 0 Å². The summed E-state index contributed by atoms with van der Waals surface area (Å²) < 4.78 is 26.5. The van der Waals surface area contributed by atoms with E-state index in [1.807, 2.05) is 35.0 Å². The Morgan fingerprint density at radius 3 is 2.00 bits per heavy atom. The van der Waals surface area contributed by atoms with Crippen LogP contribution in [0.15, 0.2) is 53.2 Å². The number of carbonyl (C=O) groups is 1. The lowest BCUT2D eigenvalue weighted by Crippen LogP contribution is -2.29. The van der Waals surface area contributed by atoms with Crippen LogP contribution in [0.5, 0.6) is 0 Å². The molecule has 1 amide bonds. The van der Waals surface area contributed by atoms with E-state index in [-0.39, 0.29) is 11.5 Å². The van der Waals surface area contributed by atoms with Crippen LogP contribution >= 0.6 is 22.7 Å². The summed E-state index contributed by atoms with van der Waals surface area (Å²) in [7, 11) is 0. The van der Waals surface area contributed by atoms with E-state index in [0.717, 1.165) is 21.9 Å². The van der Waals surface area contributed by atoms with Gasteiger partial charge in [0.2, 0.25) is 0 Å². The fraction of sp³-hybridized carbons (Fsp3) is 0.118. The summed E-state index contributed by atoms with van der Waals surface area (Å²) in [5.41, 5.74) is 0.150. The van der Waals surface area contributed by atoms with E-state index in [9.17, 15) is 13.6 Å². The third-order valence-electron chi connectivity index (χ3n) is 3.31. The molecule has 0 N–H and O–H groups in total. The van der Waals surface area contributed by atoms with Crippen molar-refractivity contribution < 1.29 is 13.6 Å². The third-order valence-corrected chi connectivity index (χ3v) is 5.03. The number of carbonyl (C=O) groups excluding carboxylic acids is 1. The molecule has 2 heterocycles. The largest absolute Gasteiger partial charge is 0.328 e. The van der Waals surface area contributed by atoms with Gasteiger partial charge in [0.15, 0.2) is 11.6 Å². The van der Waals surface area contributed by atoms with Crippen molar-refractivity contribution in [1.29, 1.82) is 0 Å². The highest BCUT2D eigenvalue weighted by Crippen LogP contribution is 2.20. The molecular weight excluding hydrogens is 336 g/mol. The quantitative estimate of drug-likeness (QED) is 0.639. The highest BCUT2D eigenvalue weighted by atomic mass is 32.1. The van der Waals surface area contributed by atoms with Crippen molar-refractivity contribution in [2.45, 2.75) is 13.1 Å². The number of rotatable bonds is 5. The summed E-state index contributed by atoms with van der Waals surface area (Å²) in [4.78, 5) is 16.4. The Labute approximate surface area is 140 Å². The molecule has 0 unspecified atom stereocenters. The molecule has 3 aromatic rings. The highest BCUT2D eigenvalue weighted by molar-refractivity contribution is 7.10. The summed E-state index contributed by atoms with van der Waals surface area (Å²) in [6.07, 6.45) is 0. The van der Waals surface area contributed by atoms with Gasteiger partial charge in [0.25, 0.3) is 5.91 Å². The van der Waals surface area contributed by atoms with Crippen molar-refractivity contribution in [2.75, 3.05) is 0 Å². The van der Waals surface area contributed by atoms with Gasteiger partial charge < -0.3 is 4.90 Å². The van der Waals surface area contributed by atoms with Crippen LogP contribution in [0, 0.1) is 11.6 Å². The fourth-order valence-electron chi connectivity index (χ4n) is 2.19. The van der Waals surface area contributed by atoms with E-state index in [4.69, 9.17) is 0 Å². The molecule has 23 heavy (non-hydrogen) atoms. The molecule has 0 atom stereocenters. The molecular formula is C17H13F2NOS2. The SMILES string of the molecule is O=C(c1ccc(F)c(F)c1)N(Cc1cccs1)Cc1cccs1. The molecule has 3 rings (SSSR count). The Hall–Kier alpha value is -2.05. The monoisotopic (exact) mass is 349 g/mol. The molecule has 0 spiro atoms. The Balaban J connectivity index is 1.86. The van der Waals surface area contributed by atoms with Crippen LogP contribution in [-0.4, -0.2) is 10.8 Å². The average Bonchev–Trinajstić information content (AvgIpc) is 3.22. The molecule has 2 nitrogen and oxygen atoms in total. The van der Waals surface area contributed by atoms with Crippen molar-refractivity contribution >= 4 is 28.6 Å². The second kappa shape index (κ2) is 7.02. The normalized spacial score (nSPS) is 10.7. The van der Waals surface area contributed by atoms with E-state index in [0.29, 0.717) is 13.1 Å². The van der Waals surface area contributed by atoms with Crippen LogP contribution in [0.4, 0.5) is 8.78 Å². The van der Waals surface area contributed by atoms with Gasteiger partial charge in [-0.25, -0.2) is 8.78 Å². The van der Waals surface area contributed by atoms with Gasteiger partial charge in [0.1, 0.15) is 0 Å². The Bertz CT molecular complexity index is 749. The Morgan fingerprint density at radius 1 is 0.913 bits per heavy atom. The van der Waals surface area contributed by atoms with Gasteiger partial charge in [0, 0.05) is 15.3 Å². The van der Waals surface area contributed by atoms with Crippen LogP contribution in [-0.2, 0) is 13.1 Å². The fourth-order valence-corrected chi connectivity index (χ4v) is 3.63. The van der Waals surface area contributed by atoms with Crippen LogP contribution in [0.2, 0.25) is 0 Å². The average molecular weight is 349 g/mol. The maximum absolute atomic E-state index is 13.4. The van der Waals surface area contributed by atoms with E-state index in [1.54, 1.807) is 27.6 Å². The lowest BCUT2D eigenvalue weighted by Gasteiger charge is -2.21. The molecule has 0 bridgehead atoms. The predicted molar refractivity (Wildman–Crippen MR) is 88.6 cm³/mol. The first-order valence-electron chi connectivity index (χ1n) is 6.92. The number of thiophene rings is 2. The summed E-state index contributed by atoms with van der Waals surface area (Å²) in [5, 5.41) is 3.89. The van der Waals surface area contributed by atoms with E-state index in [2.05, 4.69) is 0 Å². The van der Waals surface area contributed by atoms with Crippen molar-refractivity contribution in [3.05, 3.63) is 80.2 Å². The number of hydrogen-bond donors (Lipinski definition) is 0. The highest BCUT2D eigenvalue weighted by Gasteiger charge is 2.19. The summed E-state index contributed by atoms with van der Waals surface area (Å²) in [6, 6.07) is 11.0. The van der Waals surface area contributed by atoms with Gasteiger partial charge in [-0.2, -0.15) is 0 Å². The topological polar surface area (TPSA) is 20.3 Å². The number of amides is 1. The summed E-state index contributed by atoms with van der Waals surface area (Å²) in [5.74, 6) is -2.28. The maximum atomic E-state index is 13.4. The van der Waals surface area contributed by atoms with Crippen LogP contribution in [0.1, 0.15) is 20.1 Å². The Kier molecular flexibility index (Phi) is 4.83. The van der Waals surface area contributed by atoms with Gasteiger partial charge >= 0.3 is 0 Å². The van der Waals surface area contributed by atoms with Gasteiger partial charge in [-0.05, 0) is 41.1 Å². The molecule has 0 fully saturated rings. The molecule has 0 aliphatic heterocycles. The molecule has 0 saturated carbocycles. The minimum Gasteiger partial charge on any atom is -0.328 e. The number of halogens is 2. The molecule has 0 saturated heterocycles. The molecule has 6 heteroatoms. The van der Waals surface area contributed by atoms with Gasteiger partial charge in [-0.3, -0.25) is 4.79 Å². The van der Waals surface area contributed by atoms with Crippen molar-refractivity contribution in [3.8, 4) is 0 Å². The van der Waals surface area contributed by atoms with Crippen molar-refractivity contribution in [1.82, 2.24) is 4.90 Å². The first-order valence-corrected chi connectivity index (χ1v) is 8.68. The molecule has 1 aromatic carbocycles. The summed E-state index contributed by atoms with van der Waals surface area (Å²) in [6.45, 7) is 0.876. The standard InChI is InChI=1S/C17H13F2NOS2/c18-15-6-5-12(9-16(15)19)17(21)20(10-13-3-1-7-22-13)11-14-4-2-8-23-14/h1-9H,10-11H2. The van der Waals surface area contributed by atoms with Crippen molar-refractivity contribution in [3.63, 3.8) is 0 Å². The van der Waals surface area contributed by atoms with Gasteiger partial charge in [0.05, 0.1) is 13.1 Å². The third kappa shape index (κ3) is 3.83. The zero-order valence-electron chi connectivity index (χ0n) is 12.0. The lowest BCUT2D eigenvalue weighted by atomic mass is 10.2. The Morgan fingerprint density at radius 2 is 1.52 bits per heavy atom. The maximum Gasteiger partial charge on any atom is 0.254 e. The van der Waals surface area contributed by atoms with Crippen LogP contribution in [0.25, 0.3) is 0 Å². The minimum atomic E-state index is -1.01. The first kappa shape index (κ1) is 15.8. The first-order chi connectivity index (χ1) is 11.1. The zero-order chi connectivity index (χ0) is 16.2. The molecule has 2 aromatic heterocycles. The molecule has 0 aliphatic rings. The smallest absolute Gasteiger partial charge is 0.254 e. The van der Waals surface area contributed by atoms with Gasteiger partial charge in [-0.15, -0.1) is 22.7 Å². The second-order valence-corrected chi connectivity index (χ2v) is 7.01. The predicted octanol–water partition coefficient (Wildman–Crippen LogP) is 4.93. The van der Waals surface area contributed by atoms with E-state index >= 15 is 0 Å². The van der Waals surface area contributed by atoms with Gasteiger partial charge in [-0.1, -0.05) is 12.1 Å². The molecule has 0 radical (unpaired) electrons. The van der Waals surface area contributed by atoms with Crippen LogP contribution in [0.3, 0.4) is 0 Å². The lowest BCUT2D eigenvalue weighted by molar-refractivity contribution is 0.0733. The minimum absolute atomic E-state index is 0.150. The van der Waals surface area contributed by atoms with E-state index < -0.39 is 11.6 Å². The number of nitrogens with zero attached hydrogens (tertiary/aromatic N) is 1. The summed E-state index contributed by atoms with van der Waals surface area (Å²) >= 11 is 3.12.